The standard InChI is InChI=1S/C19H19FN4OS2/c20-16-6-2-1-4-13(16)11-21-18(25)12-27-19-23-22-17(24(19)14-7-8-14)10-15-5-3-9-26-15/h1-6,9,14H,7-8,10-12H2,(H,21,25). The summed E-state index contributed by atoms with van der Waals surface area (Å²) >= 11 is 3.09. The maximum Gasteiger partial charge on any atom is 0.230 e. The fourth-order valence-corrected chi connectivity index (χ4v) is 4.37. The van der Waals surface area contributed by atoms with Crippen molar-refractivity contribution in [2.45, 2.75) is 37.0 Å². The molecule has 2 aromatic heterocycles. The van der Waals surface area contributed by atoms with Crippen LogP contribution >= 0.6 is 23.1 Å². The molecule has 27 heavy (non-hydrogen) atoms. The minimum Gasteiger partial charge on any atom is -0.351 e. The van der Waals surface area contributed by atoms with E-state index >= 15 is 0 Å². The molecular formula is C19H19FN4OS2. The van der Waals surface area contributed by atoms with E-state index in [0.717, 1.165) is 30.2 Å². The first-order valence-corrected chi connectivity index (χ1v) is 10.7. The van der Waals surface area contributed by atoms with Crippen molar-refractivity contribution in [3.8, 4) is 0 Å². The first kappa shape index (κ1) is 18.2. The van der Waals surface area contributed by atoms with Crippen molar-refractivity contribution in [3.63, 3.8) is 0 Å². The Balaban J connectivity index is 1.36. The van der Waals surface area contributed by atoms with E-state index in [1.165, 1.54) is 22.7 Å². The van der Waals surface area contributed by atoms with E-state index in [9.17, 15) is 9.18 Å². The maximum absolute atomic E-state index is 13.6. The van der Waals surface area contributed by atoms with Crippen molar-refractivity contribution in [2.24, 2.45) is 0 Å². The SMILES string of the molecule is O=C(CSc1nnc(Cc2cccs2)n1C1CC1)NCc1ccccc1F. The van der Waals surface area contributed by atoms with E-state index in [-0.39, 0.29) is 24.0 Å². The highest BCUT2D eigenvalue weighted by atomic mass is 32.2. The lowest BCUT2D eigenvalue weighted by molar-refractivity contribution is -0.118. The molecule has 0 bridgehead atoms. The lowest BCUT2D eigenvalue weighted by Gasteiger charge is -2.09. The summed E-state index contributed by atoms with van der Waals surface area (Å²) in [6.45, 7) is 0.186. The van der Waals surface area contributed by atoms with Gasteiger partial charge in [0.1, 0.15) is 11.6 Å². The molecular weight excluding hydrogens is 383 g/mol. The van der Waals surface area contributed by atoms with Gasteiger partial charge in [-0.25, -0.2) is 4.39 Å². The van der Waals surface area contributed by atoms with Gasteiger partial charge in [0.2, 0.25) is 5.91 Å². The molecule has 1 aliphatic rings. The van der Waals surface area contributed by atoms with Gasteiger partial charge in [0.25, 0.3) is 0 Å². The zero-order chi connectivity index (χ0) is 18.6. The lowest BCUT2D eigenvalue weighted by Crippen LogP contribution is -2.25. The van der Waals surface area contributed by atoms with E-state index in [1.807, 2.05) is 6.07 Å². The molecule has 8 heteroatoms. The van der Waals surface area contributed by atoms with E-state index in [1.54, 1.807) is 29.5 Å². The summed E-state index contributed by atoms with van der Waals surface area (Å²) in [5.41, 5.74) is 0.482. The topological polar surface area (TPSA) is 59.8 Å². The number of hydrogen-bond acceptors (Lipinski definition) is 5. The average molecular weight is 403 g/mol. The van der Waals surface area contributed by atoms with Crippen molar-refractivity contribution >= 4 is 29.0 Å². The van der Waals surface area contributed by atoms with Crippen LogP contribution in [0.3, 0.4) is 0 Å². The van der Waals surface area contributed by atoms with Crippen LogP contribution in [-0.2, 0) is 17.8 Å². The number of carbonyl (C=O) groups is 1. The molecule has 4 rings (SSSR count). The molecule has 2 heterocycles. The number of thiophene rings is 1. The molecule has 0 atom stereocenters. The molecule has 1 saturated carbocycles. The highest BCUT2D eigenvalue weighted by molar-refractivity contribution is 7.99. The largest absolute Gasteiger partial charge is 0.351 e. The van der Waals surface area contributed by atoms with E-state index < -0.39 is 0 Å². The van der Waals surface area contributed by atoms with Gasteiger partial charge in [0.05, 0.1) is 5.75 Å². The number of nitrogens with one attached hydrogen (secondary N) is 1. The number of rotatable bonds is 8. The van der Waals surface area contributed by atoms with Gasteiger partial charge < -0.3 is 9.88 Å². The average Bonchev–Trinajstić information content (AvgIpc) is 3.22. The maximum atomic E-state index is 13.6. The van der Waals surface area contributed by atoms with Crippen LogP contribution in [0.4, 0.5) is 4.39 Å². The molecule has 1 amide bonds. The molecule has 0 spiro atoms. The van der Waals surface area contributed by atoms with Crippen LogP contribution in [0.25, 0.3) is 0 Å². The highest BCUT2D eigenvalue weighted by Gasteiger charge is 2.29. The summed E-state index contributed by atoms with van der Waals surface area (Å²) in [4.78, 5) is 13.4. The van der Waals surface area contributed by atoms with Crippen molar-refractivity contribution in [1.82, 2.24) is 20.1 Å². The van der Waals surface area contributed by atoms with Crippen LogP contribution in [0.2, 0.25) is 0 Å². The number of thioether (sulfide) groups is 1. The third-order valence-electron chi connectivity index (χ3n) is 4.33. The number of amides is 1. The second-order valence-electron chi connectivity index (χ2n) is 6.41. The fourth-order valence-electron chi connectivity index (χ4n) is 2.81. The molecule has 0 aliphatic heterocycles. The Kier molecular flexibility index (Phi) is 5.54. The van der Waals surface area contributed by atoms with Gasteiger partial charge in [-0.2, -0.15) is 0 Å². The van der Waals surface area contributed by atoms with Crippen LogP contribution in [0.5, 0.6) is 0 Å². The predicted molar refractivity (Wildman–Crippen MR) is 104 cm³/mol. The molecule has 0 saturated heterocycles. The third-order valence-corrected chi connectivity index (χ3v) is 6.15. The highest BCUT2D eigenvalue weighted by Crippen LogP contribution is 2.39. The first-order valence-electron chi connectivity index (χ1n) is 8.80. The predicted octanol–water partition coefficient (Wildman–Crippen LogP) is 3.81. The van der Waals surface area contributed by atoms with Crippen LogP contribution < -0.4 is 5.32 Å². The van der Waals surface area contributed by atoms with Crippen LogP contribution in [0.1, 0.15) is 35.1 Å². The molecule has 1 fully saturated rings. The van der Waals surface area contributed by atoms with Gasteiger partial charge >= 0.3 is 0 Å². The Morgan fingerprint density at radius 2 is 2.11 bits per heavy atom. The summed E-state index contributed by atoms with van der Waals surface area (Å²) in [5, 5.41) is 14.3. The molecule has 3 aromatic rings. The monoisotopic (exact) mass is 402 g/mol. The Hall–Kier alpha value is -2.19. The molecule has 0 radical (unpaired) electrons. The first-order chi connectivity index (χ1) is 13.2. The Morgan fingerprint density at radius 1 is 1.26 bits per heavy atom. The summed E-state index contributed by atoms with van der Waals surface area (Å²) in [5.74, 6) is 0.734. The molecule has 1 aliphatic carbocycles. The molecule has 140 valence electrons. The Bertz CT molecular complexity index is 922. The van der Waals surface area contributed by atoms with Gasteiger partial charge in [0.15, 0.2) is 5.16 Å². The number of hydrogen-bond donors (Lipinski definition) is 1. The zero-order valence-electron chi connectivity index (χ0n) is 14.6. The van der Waals surface area contributed by atoms with Gasteiger partial charge in [0, 0.05) is 29.4 Å². The summed E-state index contributed by atoms with van der Waals surface area (Å²) in [7, 11) is 0. The van der Waals surface area contributed by atoms with Crippen LogP contribution in [0, 0.1) is 5.82 Å². The summed E-state index contributed by atoms with van der Waals surface area (Å²) < 4.78 is 15.8. The van der Waals surface area contributed by atoms with E-state index in [2.05, 4.69) is 31.5 Å². The van der Waals surface area contributed by atoms with Gasteiger partial charge in [-0.05, 0) is 30.4 Å². The van der Waals surface area contributed by atoms with E-state index in [0.29, 0.717) is 11.6 Å². The normalized spacial score (nSPS) is 13.7. The number of halogens is 1. The molecule has 5 nitrogen and oxygen atoms in total. The second-order valence-corrected chi connectivity index (χ2v) is 8.39. The summed E-state index contributed by atoms with van der Waals surface area (Å²) in [6.07, 6.45) is 3.02. The van der Waals surface area contributed by atoms with Gasteiger partial charge in [-0.3, -0.25) is 4.79 Å². The van der Waals surface area contributed by atoms with E-state index in [4.69, 9.17) is 0 Å². The Labute approximate surface area is 165 Å². The lowest BCUT2D eigenvalue weighted by atomic mass is 10.2. The van der Waals surface area contributed by atoms with Gasteiger partial charge in [-0.15, -0.1) is 21.5 Å². The fraction of sp³-hybridized carbons (Fsp3) is 0.316. The minimum absolute atomic E-state index is 0.145. The number of benzene rings is 1. The van der Waals surface area contributed by atoms with Crippen molar-refractivity contribution in [3.05, 3.63) is 63.9 Å². The molecule has 0 unspecified atom stereocenters. The molecule has 1 aromatic carbocycles. The number of aromatic nitrogens is 3. The third kappa shape index (κ3) is 4.56. The quantitative estimate of drug-likeness (QED) is 0.582. The minimum atomic E-state index is -0.308. The van der Waals surface area contributed by atoms with Crippen LogP contribution in [-0.4, -0.2) is 26.4 Å². The second kappa shape index (κ2) is 8.22. The smallest absolute Gasteiger partial charge is 0.230 e. The molecule has 1 N–H and O–H groups in total. The zero-order valence-corrected chi connectivity index (χ0v) is 16.2. The van der Waals surface area contributed by atoms with Crippen molar-refractivity contribution < 1.29 is 9.18 Å². The Morgan fingerprint density at radius 3 is 2.85 bits per heavy atom. The number of carbonyl (C=O) groups excluding carboxylic acids is 1. The number of nitrogens with zero attached hydrogens (tertiary/aromatic N) is 3. The van der Waals surface area contributed by atoms with Crippen molar-refractivity contribution in [2.75, 3.05) is 5.75 Å². The summed E-state index contributed by atoms with van der Waals surface area (Å²) in [6, 6.07) is 11.0. The van der Waals surface area contributed by atoms with Gasteiger partial charge in [-0.1, -0.05) is 36.0 Å². The van der Waals surface area contributed by atoms with Crippen molar-refractivity contribution in [1.29, 1.82) is 0 Å². The van der Waals surface area contributed by atoms with Crippen LogP contribution in [0.15, 0.2) is 46.9 Å².